The second-order valence-corrected chi connectivity index (χ2v) is 21.3. The lowest BCUT2D eigenvalue weighted by Gasteiger charge is -2.22. The number of hydrogen-bond donors (Lipinski definition) is 3. The number of aromatic nitrogens is 2. The van der Waals surface area contributed by atoms with Crippen molar-refractivity contribution < 1.29 is 74.2 Å². The first-order chi connectivity index (χ1) is 33.4. The van der Waals surface area contributed by atoms with Crippen LogP contribution in [0.15, 0.2) is 69.4 Å². The van der Waals surface area contributed by atoms with Gasteiger partial charge in [-0.3, -0.25) is 32.7 Å². The number of unbranched alkanes of at least 4 members (excludes halogenated alkanes) is 13. The second kappa shape index (κ2) is 30.0. The van der Waals surface area contributed by atoms with Gasteiger partial charge in [-0.05, 0) is 47.3 Å². The van der Waals surface area contributed by atoms with Gasteiger partial charge in [0.25, 0.3) is 5.56 Å². The normalized spacial score (nSPS) is 18.2. The van der Waals surface area contributed by atoms with Gasteiger partial charge in [-0.15, -0.1) is 0 Å². The minimum atomic E-state index is -5.92. The predicted octanol–water partition coefficient (Wildman–Crippen LogP) is 11.3. The van der Waals surface area contributed by atoms with Crippen LogP contribution >= 0.6 is 35.1 Å². The summed E-state index contributed by atoms with van der Waals surface area (Å²) in [5, 5.41) is 3.16. The Morgan fingerprint density at radius 3 is 1.84 bits per heavy atom. The number of nitrogens with zero attached hydrogens (tertiary/aromatic N) is 4. The summed E-state index contributed by atoms with van der Waals surface area (Å²) in [6.07, 6.45) is 14.1. The van der Waals surface area contributed by atoms with Crippen molar-refractivity contribution in [3.05, 3.63) is 102 Å². The SMILES string of the molecule is CCCCCCCCCCCCCCCCOC(=O)Oc1ccc(COP(=O)(OCc2ccc(OC(=O)CC)cc2)OP(=O)(O)OP(=O)(O)OC[C@H]2O[C@@H](n3cc(Cl)c(=O)[nH]c3=O)CC2N=[N+]=[N-])cc1. The number of esters is 1. The molecule has 3 aromatic rings. The molecule has 0 amide bonds. The number of phosphoric ester groups is 2. The van der Waals surface area contributed by atoms with Gasteiger partial charge >= 0.3 is 41.3 Å². The highest BCUT2D eigenvalue weighted by molar-refractivity contribution is 7.67. The van der Waals surface area contributed by atoms with E-state index in [9.17, 15) is 42.7 Å². The smallest absolute Gasteiger partial charge is 0.434 e. The summed E-state index contributed by atoms with van der Waals surface area (Å²) in [6, 6.07) is 10.1. The number of phosphoric acid groups is 3. The van der Waals surface area contributed by atoms with Crippen LogP contribution in [0.2, 0.25) is 5.02 Å². The molecule has 27 heteroatoms. The molecule has 1 aliphatic heterocycles. The highest BCUT2D eigenvalue weighted by Gasteiger charge is 2.45. The van der Waals surface area contributed by atoms with E-state index in [0.717, 1.165) is 30.0 Å². The molecule has 1 aliphatic rings. The number of benzene rings is 2. The number of H-pyrrole nitrogens is 1. The fraction of sp³-hybridized carbons (Fsp3) is 0.581. The first-order valence-corrected chi connectivity index (χ1v) is 27.8. The minimum Gasteiger partial charge on any atom is -0.434 e. The number of hydrogen-bond acceptors (Lipinski definition) is 17. The molecule has 1 aromatic heterocycles. The van der Waals surface area contributed by atoms with Crippen LogP contribution in [0.4, 0.5) is 4.79 Å². The maximum absolute atomic E-state index is 14.0. The fourth-order valence-corrected chi connectivity index (χ4v) is 11.0. The largest absolute Gasteiger partial charge is 0.513 e. The van der Waals surface area contributed by atoms with Crippen LogP contribution in [0.3, 0.4) is 0 Å². The molecule has 0 aliphatic carbocycles. The van der Waals surface area contributed by atoms with Crippen molar-refractivity contribution in [1.29, 1.82) is 0 Å². The average molecular weight is 1060 g/mol. The van der Waals surface area contributed by atoms with Crippen LogP contribution in [0, 0.1) is 0 Å². The van der Waals surface area contributed by atoms with Gasteiger partial charge < -0.3 is 28.7 Å². The number of ether oxygens (including phenoxy) is 4. The van der Waals surface area contributed by atoms with Crippen molar-refractivity contribution in [3.63, 3.8) is 0 Å². The molecule has 0 saturated carbocycles. The van der Waals surface area contributed by atoms with E-state index in [4.69, 9.17) is 54.0 Å². The second-order valence-electron chi connectivity index (χ2n) is 16.1. The van der Waals surface area contributed by atoms with E-state index in [-0.39, 0.29) is 47.1 Å². The molecule has 4 rings (SSSR count). The van der Waals surface area contributed by atoms with E-state index in [1.807, 2.05) is 4.98 Å². The Morgan fingerprint density at radius 1 is 0.786 bits per heavy atom. The maximum atomic E-state index is 14.0. The Morgan fingerprint density at radius 2 is 1.31 bits per heavy atom. The fourth-order valence-electron chi connectivity index (χ4n) is 6.84. The van der Waals surface area contributed by atoms with Gasteiger partial charge in [-0.1, -0.05) is 138 Å². The summed E-state index contributed by atoms with van der Waals surface area (Å²) in [5.41, 5.74) is 7.79. The standard InChI is InChI=1S/C43H61ClN5O18P3/c1-3-5-6-7-8-9-10-11-12-13-14-15-16-17-26-59-43(53)64-35-24-20-33(21-25-35)30-62-70(58,61-29-32-18-22-34(23-19-32)63-40(50)4-2)67-69(56,57)66-68(54,55)60-31-38-37(47-48-45)27-39(65-38)49-28-36(44)41(51)46-42(49)52/h18-25,28,37-39H,3-17,26-27,29-31H2,1-2H3,(H,54,55)(H,56,57)(H,46,51,52)/t37?,38-,39-,70?/m1/s1. The van der Waals surface area contributed by atoms with E-state index >= 15 is 0 Å². The first-order valence-electron chi connectivity index (χ1n) is 23.0. The van der Waals surface area contributed by atoms with Gasteiger partial charge in [0.1, 0.15) is 22.7 Å². The number of nitrogens with one attached hydrogen (secondary N) is 1. The molecule has 2 heterocycles. The molecule has 1 fully saturated rings. The maximum Gasteiger partial charge on any atom is 0.513 e. The molecule has 0 bridgehead atoms. The third-order valence-electron chi connectivity index (χ3n) is 10.5. The van der Waals surface area contributed by atoms with Crippen molar-refractivity contribution in [2.24, 2.45) is 5.11 Å². The summed E-state index contributed by atoms with van der Waals surface area (Å²) in [6.45, 7) is 1.86. The molecule has 2 aromatic carbocycles. The van der Waals surface area contributed by atoms with Crippen molar-refractivity contribution in [1.82, 2.24) is 9.55 Å². The monoisotopic (exact) mass is 1060 g/mol. The molecule has 0 radical (unpaired) electrons. The van der Waals surface area contributed by atoms with Gasteiger partial charge in [-0.2, -0.15) is 8.62 Å². The van der Waals surface area contributed by atoms with Gasteiger partial charge in [0, 0.05) is 24.0 Å². The van der Waals surface area contributed by atoms with Crippen LogP contribution in [0.1, 0.15) is 134 Å². The molecule has 3 N–H and O–H groups in total. The van der Waals surface area contributed by atoms with Crippen molar-refractivity contribution in [3.8, 4) is 11.5 Å². The van der Waals surface area contributed by atoms with Gasteiger partial charge in [0.15, 0.2) is 0 Å². The van der Waals surface area contributed by atoms with Gasteiger partial charge in [-0.25, -0.2) is 23.3 Å². The third kappa shape index (κ3) is 21.7. The molecular formula is C43H61ClN5O18P3. The van der Waals surface area contributed by atoms with Crippen molar-refractivity contribution in [2.45, 2.75) is 148 Å². The molecule has 388 valence electrons. The first kappa shape index (κ1) is 58.4. The van der Waals surface area contributed by atoms with E-state index in [2.05, 4.69) is 21.3 Å². The number of azide groups is 1. The molecule has 70 heavy (non-hydrogen) atoms. The molecular weight excluding hydrogens is 1000 g/mol. The van der Waals surface area contributed by atoms with Crippen molar-refractivity contribution >= 4 is 47.2 Å². The van der Waals surface area contributed by atoms with Crippen LogP contribution in [0.5, 0.6) is 11.5 Å². The van der Waals surface area contributed by atoms with E-state index in [1.54, 1.807) is 6.92 Å². The summed E-state index contributed by atoms with van der Waals surface area (Å²) in [4.78, 5) is 73.8. The highest BCUT2D eigenvalue weighted by atomic mass is 35.5. The Labute approximate surface area is 409 Å². The number of rotatable bonds is 33. The molecule has 4 unspecified atom stereocenters. The van der Waals surface area contributed by atoms with Gasteiger partial charge in [0.2, 0.25) is 0 Å². The Kier molecular flexibility index (Phi) is 25.0. The number of aromatic amines is 1. The predicted molar refractivity (Wildman–Crippen MR) is 254 cm³/mol. The average Bonchev–Trinajstić information content (AvgIpc) is 3.72. The molecule has 6 atom stereocenters. The minimum absolute atomic E-state index is 0.101. The third-order valence-corrected chi connectivity index (χ3v) is 15.4. The molecule has 0 spiro atoms. The number of carbonyl (C=O) groups is 2. The van der Waals surface area contributed by atoms with Crippen LogP contribution < -0.4 is 20.7 Å². The van der Waals surface area contributed by atoms with E-state index in [0.29, 0.717) is 6.42 Å². The molecule has 1 saturated heterocycles. The van der Waals surface area contributed by atoms with Crippen LogP contribution in [0.25, 0.3) is 10.4 Å². The zero-order valence-electron chi connectivity index (χ0n) is 39.0. The number of carbonyl (C=O) groups excluding carboxylic acids is 2. The summed E-state index contributed by atoms with van der Waals surface area (Å²) in [7, 11) is -16.8. The van der Waals surface area contributed by atoms with E-state index < -0.39 is 85.0 Å². The lowest BCUT2D eigenvalue weighted by Crippen LogP contribution is -2.32. The Bertz CT molecular complexity index is 2440. The van der Waals surface area contributed by atoms with Crippen LogP contribution in [-0.4, -0.2) is 56.8 Å². The summed E-state index contributed by atoms with van der Waals surface area (Å²) < 4.78 is 87.0. The molecule has 23 nitrogen and oxygen atoms in total. The van der Waals surface area contributed by atoms with E-state index in [1.165, 1.54) is 113 Å². The summed E-state index contributed by atoms with van der Waals surface area (Å²) in [5.74, 6) is -0.218. The number of halogens is 1. The zero-order valence-corrected chi connectivity index (χ0v) is 42.4. The lowest BCUT2D eigenvalue weighted by molar-refractivity contribution is -0.134. The van der Waals surface area contributed by atoms with Gasteiger partial charge in [0.05, 0.1) is 38.6 Å². The Hall–Kier alpha value is -4.17. The summed E-state index contributed by atoms with van der Waals surface area (Å²) >= 11 is 5.83. The highest BCUT2D eigenvalue weighted by Crippen LogP contribution is 2.69. The lowest BCUT2D eigenvalue weighted by atomic mass is 10.0. The topological polar surface area (TPSA) is 312 Å². The quantitative estimate of drug-likeness (QED) is 0.00746. The van der Waals surface area contributed by atoms with Crippen molar-refractivity contribution in [2.75, 3.05) is 13.2 Å². The zero-order chi connectivity index (χ0) is 51.0. The Balaban J connectivity index is 1.29. The van der Waals surface area contributed by atoms with Crippen LogP contribution in [-0.2, 0) is 63.4 Å².